The van der Waals surface area contributed by atoms with Gasteiger partial charge in [0.1, 0.15) is 6.07 Å². The summed E-state index contributed by atoms with van der Waals surface area (Å²) in [5.41, 5.74) is 7.82. The quantitative estimate of drug-likeness (QED) is 0.909. The Morgan fingerprint density at radius 2 is 2.00 bits per heavy atom. The molecule has 19 heavy (non-hydrogen) atoms. The molecule has 2 rings (SSSR count). The van der Waals surface area contributed by atoms with Crippen LogP contribution in [0.2, 0.25) is 0 Å². The molecule has 1 heterocycles. The van der Waals surface area contributed by atoms with Crippen LogP contribution in [0.15, 0.2) is 41.0 Å². The molecule has 3 N–H and O–H groups in total. The van der Waals surface area contributed by atoms with Crippen molar-refractivity contribution in [3.63, 3.8) is 0 Å². The lowest BCUT2D eigenvalue weighted by Crippen LogP contribution is -2.10. The number of hydrogen-bond acceptors (Lipinski definition) is 4. The first-order valence-corrected chi connectivity index (χ1v) is 6.57. The lowest BCUT2D eigenvalue weighted by Gasteiger charge is -2.16. The van der Waals surface area contributed by atoms with E-state index in [0.717, 1.165) is 10.0 Å². The van der Waals surface area contributed by atoms with E-state index in [1.165, 1.54) is 0 Å². The van der Waals surface area contributed by atoms with Gasteiger partial charge in [0.2, 0.25) is 0 Å². The SMILES string of the molecule is CC(Nc1nccc(C#N)c1N)c1ccc(Br)cc1. The summed E-state index contributed by atoms with van der Waals surface area (Å²) in [5, 5.41) is 12.2. The van der Waals surface area contributed by atoms with Crippen molar-refractivity contribution in [3.05, 3.63) is 52.1 Å². The minimum absolute atomic E-state index is 0.0526. The summed E-state index contributed by atoms with van der Waals surface area (Å²) in [6.45, 7) is 2.02. The zero-order valence-corrected chi connectivity index (χ0v) is 12.0. The summed E-state index contributed by atoms with van der Waals surface area (Å²) in [7, 11) is 0. The van der Waals surface area contributed by atoms with Crippen LogP contribution in [0.3, 0.4) is 0 Å². The Labute approximate surface area is 120 Å². The highest BCUT2D eigenvalue weighted by atomic mass is 79.9. The van der Waals surface area contributed by atoms with Crippen LogP contribution in [0, 0.1) is 11.3 Å². The van der Waals surface area contributed by atoms with Gasteiger partial charge in [0, 0.05) is 10.7 Å². The van der Waals surface area contributed by atoms with Crippen LogP contribution in [0.1, 0.15) is 24.1 Å². The van der Waals surface area contributed by atoms with Crippen LogP contribution in [0.4, 0.5) is 11.5 Å². The predicted octanol–water partition coefficient (Wildman–Crippen LogP) is 3.47. The van der Waals surface area contributed by atoms with Crippen LogP contribution in [0.25, 0.3) is 0 Å². The number of nitrogens with one attached hydrogen (secondary N) is 1. The highest BCUT2D eigenvalue weighted by Crippen LogP contribution is 2.25. The van der Waals surface area contributed by atoms with Crippen molar-refractivity contribution in [1.29, 1.82) is 5.26 Å². The molecule has 0 bridgehead atoms. The van der Waals surface area contributed by atoms with E-state index in [4.69, 9.17) is 11.0 Å². The van der Waals surface area contributed by atoms with Crippen LogP contribution in [0.5, 0.6) is 0 Å². The summed E-state index contributed by atoms with van der Waals surface area (Å²) in [4.78, 5) is 4.17. The van der Waals surface area contributed by atoms with Gasteiger partial charge in [-0.2, -0.15) is 5.26 Å². The van der Waals surface area contributed by atoms with Gasteiger partial charge in [0.25, 0.3) is 0 Å². The fraction of sp³-hybridized carbons (Fsp3) is 0.143. The fourth-order valence-corrected chi connectivity index (χ4v) is 1.99. The second kappa shape index (κ2) is 5.72. The summed E-state index contributed by atoms with van der Waals surface area (Å²) in [6.07, 6.45) is 1.57. The molecule has 5 heteroatoms. The molecule has 0 aliphatic carbocycles. The largest absolute Gasteiger partial charge is 0.395 e. The third-order valence-corrected chi connectivity index (χ3v) is 3.36. The minimum atomic E-state index is 0.0526. The van der Waals surface area contributed by atoms with Crippen molar-refractivity contribution >= 4 is 27.4 Å². The number of nitrogens with two attached hydrogens (primary N) is 1. The second-order valence-electron chi connectivity index (χ2n) is 4.15. The number of benzene rings is 1. The van der Waals surface area contributed by atoms with E-state index in [9.17, 15) is 0 Å². The summed E-state index contributed by atoms with van der Waals surface area (Å²) in [5.74, 6) is 0.537. The van der Waals surface area contributed by atoms with Crippen molar-refractivity contribution < 1.29 is 0 Å². The van der Waals surface area contributed by atoms with Gasteiger partial charge in [-0.15, -0.1) is 0 Å². The number of nitrogen functional groups attached to an aromatic ring is 1. The summed E-state index contributed by atoms with van der Waals surface area (Å²) < 4.78 is 1.03. The Hall–Kier alpha value is -2.06. The lowest BCUT2D eigenvalue weighted by atomic mass is 10.1. The molecule has 4 nitrogen and oxygen atoms in total. The molecule has 1 unspecified atom stereocenters. The van der Waals surface area contributed by atoms with Crippen molar-refractivity contribution in [2.75, 3.05) is 11.1 Å². The number of nitriles is 1. The molecule has 0 saturated heterocycles. The maximum Gasteiger partial charge on any atom is 0.151 e. The Morgan fingerprint density at radius 1 is 1.32 bits per heavy atom. The van der Waals surface area contributed by atoms with Gasteiger partial charge in [-0.05, 0) is 30.7 Å². The predicted molar refractivity (Wildman–Crippen MR) is 79.5 cm³/mol. The van der Waals surface area contributed by atoms with E-state index < -0.39 is 0 Å². The van der Waals surface area contributed by atoms with Gasteiger partial charge in [-0.3, -0.25) is 0 Å². The van der Waals surface area contributed by atoms with E-state index in [0.29, 0.717) is 17.1 Å². The van der Waals surface area contributed by atoms with Crippen LogP contribution >= 0.6 is 15.9 Å². The highest BCUT2D eigenvalue weighted by Gasteiger charge is 2.10. The van der Waals surface area contributed by atoms with Crippen molar-refractivity contribution in [2.45, 2.75) is 13.0 Å². The van der Waals surface area contributed by atoms with Crippen LogP contribution in [-0.4, -0.2) is 4.98 Å². The number of halogens is 1. The molecule has 0 radical (unpaired) electrons. The van der Waals surface area contributed by atoms with E-state index in [1.807, 2.05) is 37.3 Å². The Bertz CT molecular complexity index is 616. The molecule has 1 aromatic carbocycles. The molecule has 0 amide bonds. The average Bonchev–Trinajstić information content (AvgIpc) is 2.42. The van der Waals surface area contributed by atoms with E-state index in [-0.39, 0.29) is 6.04 Å². The van der Waals surface area contributed by atoms with Crippen molar-refractivity contribution in [2.24, 2.45) is 0 Å². The van der Waals surface area contributed by atoms with Crippen molar-refractivity contribution in [1.82, 2.24) is 4.98 Å². The van der Waals surface area contributed by atoms with Gasteiger partial charge in [0.15, 0.2) is 5.82 Å². The van der Waals surface area contributed by atoms with Gasteiger partial charge < -0.3 is 11.1 Å². The van der Waals surface area contributed by atoms with Gasteiger partial charge in [-0.25, -0.2) is 4.98 Å². The standard InChI is InChI=1S/C14H13BrN4/c1-9(10-2-4-12(15)5-3-10)19-14-13(17)11(8-16)6-7-18-14/h2-7,9H,17H2,1H3,(H,18,19). The van der Waals surface area contributed by atoms with Gasteiger partial charge in [-0.1, -0.05) is 28.1 Å². The topological polar surface area (TPSA) is 74.7 Å². The molecular formula is C14H13BrN4. The van der Waals surface area contributed by atoms with Crippen molar-refractivity contribution in [3.8, 4) is 6.07 Å². The number of aromatic nitrogens is 1. The fourth-order valence-electron chi connectivity index (χ4n) is 1.73. The first kappa shape index (κ1) is 13.4. The molecule has 0 aliphatic rings. The number of pyridine rings is 1. The normalized spacial score (nSPS) is 11.6. The molecule has 0 spiro atoms. The number of rotatable bonds is 3. The van der Waals surface area contributed by atoms with E-state index in [2.05, 4.69) is 26.2 Å². The van der Waals surface area contributed by atoms with E-state index >= 15 is 0 Å². The zero-order valence-electron chi connectivity index (χ0n) is 10.4. The monoisotopic (exact) mass is 316 g/mol. The maximum atomic E-state index is 8.93. The minimum Gasteiger partial charge on any atom is -0.395 e. The van der Waals surface area contributed by atoms with Crippen LogP contribution < -0.4 is 11.1 Å². The molecular weight excluding hydrogens is 304 g/mol. The maximum absolute atomic E-state index is 8.93. The first-order valence-electron chi connectivity index (χ1n) is 5.78. The average molecular weight is 317 g/mol. The molecule has 2 aromatic rings. The molecule has 0 saturated carbocycles. The Morgan fingerprint density at radius 3 is 2.63 bits per heavy atom. The first-order chi connectivity index (χ1) is 9.11. The highest BCUT2D eigenvalue weighted by molar-refractivity contribution is 9.10. The second-order valence-corrected chi connectivity index (χ2v) is 5.07. The Balaban J connectivity index is 2.22. The van der Waals surface area contributed by atoms with Gasteiger partial charge >= 0.3 is 0 Å². The third-order valence-electron chi connectivity index (χ3n) is 2.83. The molecule has 1 aromatic heterocycles. The third kappa shape index (κ3) is 3.04. The Kier molecular flexibility index (Phi) is 4.03. The molecule has 0 aliphatic heterocycles. The van der Waals surface area contributed by atoms with E-state index in [1.54, 1.807) is 12.3 Å². The number of anilines is 2. The summed E-state index contributed by atoms with van der Waals surface area (Å²) >= 11 is 3.40. The molecule has 96 valence electrons. The smallest absolute Gasteiger partial charge is 0.151 e. The van der Waals surface area contributed by atoms with Crippen LogP contribution in [-0.2, 0) is 0 Å². The molecule has 1 atom stereocenters. The summed E-state index contributed by atoms with van der Waals surface area (Å²) in [6, 6.07) is 11.7. The number of hydrogen-bond donors (Lipinski definition) is 2. The molecule has 0 fully saturated rings. The lowest BCUT2D eigenvalue weighted by molar-refractivity contribution is 0.875. The number of nitrogens with zero attached hydrogens (tertiary/aromatic N) is 2. The van der Waals surface area contributed by atoms with Gasteiger partial charge in [0.05, 0.1) is 17.3 Å². The zero-order chi connectivity index (χ0) is 13.8.